The lowest BCUT2D eigenvalue weighted by atomic mass is 10.0. The van der Waals surface area contributed by atoms with Crippen molar-refractivity contribution in [3.05, 3.63) is 44.0 Å². The average molecular weight is 757 g/mol. The highest BCUT2D eigenvalue weighted by Gasteiger charge is 2.36. The lowest BCUT2D eigenvalue weighted by Gasteiger charge is -2.24. The molecule has 2 rings (SSSR count). The summed E-state index contributed by atoms with van der Waals surface area (Å²) in [6, 6.07) is 2.39. The minimum absolute atomic E-state index is 0.0189. The molecule has 1 heterocycles. The fourth-order valence-electron chi connectivity index (χ4n) is 4.53. The van der Waals surface area contributed by atoms with E-state index in [9.17, 15) is 29.8 Å². The van der Waals surface area contributed by atoms with Crippen molar-refractivity contribution >= 4 is 55.7 Å². The maximum Gasteiger partial charge on any atom is 0.500 e. The summed E-state index contributed by atoms with van der Waals surface area (Å²) in [7, 11) is 2.26. The van der Waals surface area contributed by atoms with Gasteiger partial charge >= 0.3 is 14.8 Å². The van der Waals surface area contributed by atoms with Crippen molar-refractivity contribution in [2.45, 2.75) is 45.2 Å². The number of hydrogen-bond donors (Lipinski definition) is 5. The number of nitrogens with zero attached hydrogens (tertiary/aromatic N) is 5. The Morgan fingerprint density at radius 1 is 0.902 bits per heavy atom. The second kappa shape index (κ2) is 22.6. The van der Waals surface area contributed by atoms with Crippen LogP contribution in [0, 0.1) is 26.1 Å². The van der Waals surface area contributed by atoms with Crippen molar-refractivity contribution in [2.75, 3.05) is 76.3 Å². The molecular weight excluding hydrogens is 709 g/mol. The first kappa shape index (κ1) is 42.9. The third-order valence-corrected chi connectivity index (χ3v) is 11.0. The molecule has 51 heavy (non-hydrogen) atoms. The van der Waals surface area contributed by atoms with Crippen LogP contribution in [0.4, 0.5) is 23.3 Å². The molecule has 20 nitrogen and oxygen atoms in total. The number of rotatable bonds is 26. The fraction of sp³-hybridized carbons (Fsp3) is 0.621. The van der Waals surface area contributed by atoms with Crippen LogP contribution in [0.2, 0.25) is 6.04 Å². The van der Waals surface area contributed by atoms with Crippen LogP contribution in [-0.2, 0) is 18.1 Å². The van der Waals surface area contributed by atoms with E-state index in [4.69, 9.17) is 23.7 Å². The number of carbonyl (C=O) groups is 2. The number of carbonyl (C=O) groups excluding carboxylic acids is 2. The van der Waals surface area contributed by atoms with Gasteiger partial charge in [0.2, 0.25) is 17.8 Å². The molecule has 2 amide bonds. The highest BCUT2D eigenvalue weighted by molar-refractivity contribution is 7.99. The van der Waals surface area contributed by atoms with E-state index in [2.05, 4.69) is 36.2 Å². The van der Waals surface area contributed by atoms with Gasteiger partial charge in [-0.3, -0.25) is 29.8 Å². The highest BCUT2D eigenvalue weighted by Crippen LogP contribution is 2.23. The van der Waals surface area contributed by atoms with Gasteiger partial charge in [0.15, 0.2) is 0 Å². The molecule has 0 aliphatic heterocycles. The van der Waals surface area contributed by atoms with E-state index in [1.807, 2.05) is 13.8 Å². The summed E-state index contributed by atoms with van der Waals surface area (Å²) >= 11 is 1.77. The molecular formula is C29H48N10O10SSi. The molecule has 1 atom stereocenters. The number of benzene rings is 1. The number of ether oxygens (including phenoxy) is 1. The molecule has 0 fully saturated rings. The van der Waals surface area contributed by atoms with Crippen LogP contribution in [0.3, 0.4) is 0 Å². The Kier molecular flexibility index (Phi) is 19.0. The van der Waals surface area contributed by atoms with Crippen LogP contribution in [0.25, 0.3) is 0 Å². The molecule has 1 aromatic heterocycles. The van der Waals surface area contributed by atoms with Gasteiger partial charge < -0.3 is 45.0 Å². The van der Waals surface area contributed by atoms with E-state index < -0.39 is 47.9 Å². The monoisotopic (exact) mass is 756 g/mol. The molecule has 2 aromatic rings. The highest BCUT2D eigenvalue weighted by atomic mass is 32.2. The van der Waals surface area contributed by atoms with E-state index in [1.165, 1.54) is 0 Å². The first-order valence-corrected chi connectivity index (χ1v) is 19.3. The lowest BCUT2D eigenvalue weighted by molar-refractivity contribution is -0.394. The number of nitro benzene ring substituents is 2. The molecule has 0 radical (unpaired) electrons. The normalized spacial score (nSPS) is 11.9. The van der Waals surface area contributed by atoms with Crippen molar-refractivity contribution in [1.29, 1.82) is 0 Å². The third kappa shape index (κ3) is 15.3. The summed E-state index contributed by atoms with van der Waals surface area (Å²) in [6.07, 6.45) is 2.14. The van der Waals surface area contributed by atoms with Gasteiger partial charge in [0.25, 0.3) is 17.3 Å². The number of nitrogens with two attached hydrogens (primary N) is 1. The topological polar surface area (TPSA) is 270 Å². The number of aromatic nitrogens is 3. The van der Waals surface area contributed by atoms with Crippen LogP contribution in [-0.4, -0.2) is 117 Å². The molecule has 0 saturated heterocycles. The minimum atomic E-state index is -2.55. The molecule has 0 unspecified atom stereocenters. The Bertz CT molecular complexity index is 1400. The standard InChI is InChI=1S/C29H48N10O10SSi/c1-20(2)16-24(34-25(40)21-17-22(38(42)43)19-23(18-21)39(44)45)26(41)31-9-10-32-27-35-28(37-29(36-27)49-12-8-30)33-11-14-50-13-6-7-15-51(46-3,47-4)48-5/h17-20,24H,6-16,30H2,1-5H3,(H,31,41)(H,34,40)(H2,32,33,35,36,37)/t24-/m0/s1. The van der Waals surface area contributed by atoms with Crippen LogP contribution in [0.1, 0.15) is 43.5 Å². The molecule has 0 aliphatic carbocycles. The van der Waals surface area contributed by atoms with Gasteiger partial charge in [0, 0.05) is 71.4 Å². The fourth-order valence-corrected chi connectivity index (χ4v) is 7.19. The quantitative estimate of drug-likeness (QED) is 0.0398. The van der Waals surface area contributed by atoms with Crippen LogP contribution in [0.5, 0.6) is 6.01 Å². The van der Waals surface area contributed by atoms with E-state index in [0.717, 1.165) is 48.6 Å². The zero-order chi connectivity index (χ0) is 37.8. The first-order chi connectivity index (χ1) is 24.4. The number of thioether (sulfide) groups is 1. The summed E-state index contributed by atoms with van der Waals surface area (Å²) in [4.78, 5) is 59.8. The number of non-ortho nitro benzene ring substituents is 2. The van der Waals surface area contributed by atoms with E-state index in [0.29, 0.717) is 12.5 Å². The van der Waals surface area contributed by atoms with Crippen LogP contribution >= 0.6 is 11.8 Å². The summed E-state index contributed by atoms with van der Waals surface area (Å²) in [5.41, 5.74) is 4.01. The Labute approximate surface area is 301 Å². The molecule has 0 aliphatic rings. The second-order valence-electron chi connectivity index (χ2n) is 11.3. The Morgan fingerprint density at radius 3 is 2.06 bits per heavy atom. The number of hydrogen-bond acceptors (Lipinski definition) is 17. The number of amides is 2. The molecule has 22 heteroatoms. The van der Waals surface area contributed by atoms with E-state index >= 15 is 0 Å². The summed E-state index contributed by atoms with van der Waals surface area (Å²) < 4.78 is 21.9. The van der Waals surface area contributed by atoms with Gasteiger partial charge in [0.05, 0.1) is 21.5 Å². The number of nitrogens with one attached hydrogen (secondary N) is 4. The predicted molar refractivity (Wildman–Crippen MR) is 193 cm³/mol. The van der Waals surface area contributed by atoms with Gasteiger partial charge in [-0.2, -0.15) is 26.7 Å². The molecule has 0 bridgehead atoms. The van der Waals surface area contributed by atoms with Gasteiger partial charge in [0.1, 0.15) is 12.6 Å². The van der Waals surface area contributed by atoms with Gasteiger partial charge in [-0.05, 0) is 30.9 Å². The zero-order valence-corrected chi connectivity index (χ0v) is 31.3. The maximum atomic E-state index is 13.1. The molecule has 284 valence electrons. The van der Waals surface area contributed by atoms with E-state index in [1.54, 1.807) is 33.1 Å². The number of nitro groups is 2. The molecule has 0 spiro atoms. The largest absolute Gasteiger partial charge is 0.500 e. The molecule has 0 saturated carbocycles. The van der Waals surface area contributed by atoms with Crippen molar-refractivity contribution in [3.8, 4) is 6.01 Å². The third-order valence-electron chi connectivity index (χ3n) is 7.07. The SMILES string of the molecule is CO[Si](CCCCSCCNc1nc(NCCNC(=O)[C@H](CC(C)C)NC(=O)c2cc([N+](=O)[O-])cc([N+](=O)[O-])c2)nc(OCCN)n1)(OC)OC. The maximum absolute atomic E-state index is 13.1. The Morgan fingerprint density at radius 2 is 1.51 bits per heavy atom. The van der Waals surface area contributed by atoms with Crippen molar-refractivity contribution < 1.29 is 37.5 Å². The minimum Gasteiger partial charge on any atom is -0.462 e. The second-order valence-corrected chi connectivity index (χ2v) is 15.6. The first-order valence-electron chi connectivity index (χ1n) is 16.2. The molecule has 1 aromatic carbocycles. The van der Waals surface area contributed by atoms with E-state index in [-0.39, 0.29) is 56.1 Å². The van der Waals surface area contributed by atoms with Crippen molar-refractivity contribution in [2.24, 2.45) is 11.7 Å². The predicted octanol–water partition coefficient (Wildman–Crippen LogP) is 2.20. The van der Waals surface area contributed by atoms with Gasteiger partial charge in [-0.25, -0.2) is 0 Å². The summed E-state index contributed by atoms with van der Waals surface area (Å²) in [6.45, 7) is 5.04. The van der Waals surface area contributed by atoms with Crippen LogP contribution in [0.15, 0.2) is 18.2 Å². The van der Waals surface area contributed by atoms with Gasteiger partial charge in [-0.1, -0.05) is 13.8 Å². The van der Waals surface area contributed by atoms with Crippen LogP contribution < -0.4 is 31.7 Å². The smallest absolute Gasteiger partial charge is 0.462 e. The van der Waals surface area contributed by atoms with Gasteiger partial charge in [-0.15, -0.1) is 0 Å². The number of unbranched alkanes of at least 4 members (excludes halogenated alkanes) is 1. The molecule has 6 N–H and O–H groups in total. The summed E-state index contributed by atoms with van der Waals surface area (Å²) in [5, 5.41) is 33.9. The Hall–Kier alpha value is -4.22. The average Bonchev–Trinajstić information content (AvgIpc) is 3.11. The Balaban J connectivity index is 1.93. The summed E-state index contributed by atoms with van der Waals surface area (Å²) in [5.74, 6) is 0.839. The van der Waals surface area contributed by atoms with Crippen molar-refractivity contribution in [3.63, 3.8) is 0 Å². The van der Waals surface area contributed by atoms with Crippen molar-refractivity contribution in [1.82, 2.24) is 25.6 Å². The zero-order valence-electron chi connectivity index (χ0n) is 29.5. The number of anilines is 2. The lowest BCUT2D eigenvalue weighted by Crippen LogP contribution is -2.48.